The lowest BCUT2D eigenvalue weighted by atomic mass is 10.1. The number of esters is 2. The Kier molecular flexibility index (Phi) is 11.5. The fourth-order valence-corrected chi connectivity index (χ4v) is 5.48. The molecule has 1 heterocycles. The van der Waals surface area contributed by atoms with Crippen molar-refractivity contribution in [3.8, 4) is 22.8 Å². The number of aromatic nitrogens is 1. The summed E-state index contributed by atoms with van der Waals surface area (Å²) < 4.78 is 55.8. The number of carbonyl (C=O) groups is 3. The molecule has 0 aliphatic heterocycles. The van der Waals surface area contributed by atoms with Gasteiger partial charge in [-0.2, -0.15) is 0 Å². The van der Waals surface area contributed by atoms with Crippen molar-refractivity contribution in [2.75, 3.05) is 37.7 Å². The number of alkyl carbamates (subject to hydrolysis) is 1. The van der Waals surface area contributed by atoms with Crippen LogP contribution in [0.5, 0.6) is 11.5 Å². The number of hydrogen-bond donors (Lipinski definition) is 3. The van der Waals surface area contributed by atoms with E-state index in [4.69, 9.17) is 23.7 Å². The number of rotatable bonds is 14. The molecule has 4 rings (SSSR count). The van der Waals surface area contributed by atoms with Crippen LogP contribution in [0.4, 0.5) is 10.5 Å². The van der Waals surface area contributed by atoms with Crippen molar-refractivity contribution in [2.45, 2.75) is 45.1 Å². The average molecular weight is 682 g/mol. The predicted molar refractivity (Wildman–Crippen MR) is 179 cm³/mol. The van der Waals surface area contributed by atoms with E-state index in [1.54, 1.807) is 71.0 Å². The molecule has 0 fully saturated rings. The summed E-state index contributed by atoms with van der Waals surface area (Å²) in [5.74, 6) is -0.480. The first-order valence-electron chi connectivity index (χ1n) is 15.2. The average Bonchev–Trinajstić information content (AvgIpc) is 3.46. The molecule has 0 atom stereocenters. The molecular weight excluding hydrogens is 642 g/mol. The number of carbonyl (C=O) groups excluding carboxylic acids is 3. The Hall–Kier alpha value is -5.24. The van der Waals surface area contributed by atoms with Gasteiger partial charge in [0.2, 0.25) is 0 Å². The Morgan fingerprint density at radius 2 is 1.58 bits per heavy atom. The van der Waals surface area contributed by atoms with Crippen LogP contribution < -0.4 is 19.5 Å². The zero-order chi connectivity index (χ0) is 34.9. The van der Waals surface area contributed by atoms with Crippen molar-refractivity contribution < 1.29 is 46.5 Å². The number of benzene rings is 3. The minimum absolute atomic E-state index is 0.000469. The molecule has 48 heavy (non-hydrogen) atoms. The zero-order valence-electron chi connectivity index (χ0n) is 27.4. The van der Waals surface area contributed by atoms with Crippen LogP contribution in [0.15, 0.2) is 71.6 Å². The lowest BCUT2D eigenvalue weighted by Crippen LogP contribution is -2.34. The third-order valence-electron chi connectivity index (χ3n) is 6.49. The van der Waals surface area contributed by atoms with Gasteiger partial charge in [-0.15, -0.1) is 0 Å². The highest BCUT2D eigenvalue weighted by Crippen LogP contribution is 2.34. The summed E-state index contributed by atoms with van der Waals surface area (Å²) in [6.45, 7) is 8.92. The van der Waals surface area contributed by atoms with E-state index in [1.165, 1.54) is 24.3 Å². The largest absolute Gasteiger partial charge is 0.490 e. The van der Waals surface area contributed by atoms with Crippen LogP contribution in [-0.2, 0) is 29.0 Å². The van der Waals surface area contributed by atoms with Gasteiger partial charge in [0.15, 0.2) is 6.61 Å². The topological polar surface area (TPSA) is 171 Å². The maximum Gasteiger partial charge on any atom is 0.407 e. The van der Waals surface area contributed by atoms with E-state index in [1.807, 2.05) is 6.07 Å². The normalized spacial score (nSPS) is 11.4. The molecule has 0 aliphatic rings. The third kappa shape index (κ3) is 9.88. The van der Waals surface area contributed by atoms with E-state index in [0.717, 1.165) is 5.39 Å². The van der Waals surface area contributed by atoms with Gasteiger partial charge in [-0.1, -0.05) is 12.1 Å². The predicted octanol–water partition coefficient (Wildman–Crippen LogP) is 5.66. The number of nitrogens with one attached hydrogen (secondary N) is 3. The van der Waals surface area contributed by atoms with Gasteiger partial charge < -0.3 is 34.0 Å². The van der Waals surface area contributed by atoms with E-state index in [2.05, 4.69) is 15.0 Å². The number of fused-ring (bicyclic) bond motifs is 1. The van der Waals surface area contributed by atoms with Gasteiger partial charge in [-0.05, 0) is 89.2 Å². The van der Waals surface area contributed by atoms with Gasteiger partial charge in [-0.3, -0.25) is 4.72 Å². The second-order valence-corrected chi connectivity index (χ2v) is 13.0. The molecule has 0 spiro atoms. The molecule has 13 nitrogen and oxygen atoms in total. The first kappa shape index (κ1) is 35.6. The summed E-state index contributed by atoms with van der Waals surface area (Å²) in [5.41, 5.74) is 1.95. The maximum atomic E-state index is 13.4. The highest BCUT2D eigenvalue weighted by Gasteiger charge is 2.20. The van der Waals surface area contributed by atoms with Crippen molar-refractivity contribution in [3.63, 3.8) is 0 Å². The number of sulfonamides is 1. The Morgan fingerprint density at radius 3 is 2.27 bits per heavy atom. The molecule has 14 heteroatoms. The Labute approximate surface area is 278 Å². The molecule has 0 aliphatic carbocycles. The van der Waals surface area contributed by atoms with Crippen LogP contribution >= 0.6 is 0 Å². The SMILES string of the molecule is CCOC(=O)COc1ccc(S(=O)(=O)Nc2ccc(-c3cc4ccc(C(=O)OCC)cc4[nH]3)cc2OCCNC(=O)OC(C)(C)C)cc1. The molecule has 1 amide bonds. The number of aromatic amines is 1. The number of ether oxygens (including phenoxy) is 5. The summed E-state index contributed by atoms with van der Waals surface area (Å²) in [5, 5.41) is 3.46. The van der Waals surface area contributed by atoms with Crippen molar-refractivity contribution >= 4 is 44.6 Å². The fourth-order valence-electron chi connectivity index (χ4n) is 4.41. The molecule has 0 saturated carbocycles. The Bertz CT molecular complexity index is 1860. The molecule has 256 valence electrons. The minimum Gasteiger partial charge on any atom is -0.490 e. The molecule has 3 aromatic carbocycles. The summed E-state index contributed by atoms with van der Waals surface area (Å²) in [6, 6.07) is 17.6. The molecule has 0 bridgehead atoms. The van der Waals surface area contributed by atoms with Crippen LogP contribution in [0.2, 0.25) is 0 Å². The molecular formula is C34H39N3O10S. The minimum atomic E-state index is -4.09. The second-order valence-electron chi connectivity index (χ2n) is 11.4. The second kappa shape index (κ2) is 15.6. The summed E-state index contributed by atoms with van der Waals surface area (Å²) in [6.07, 6.45) is -0.615. The fraction of sp³-hybridized carbons (Fsp3) is 0.324. The van der Waals surface area contributed by atoms with Crippen LogP contribution in [0.1, 0.15) is 45.0 Å². The lowest BCUT2D eigenvalue weighted by Gasteiger charge is -2.20. The molecule has 1 aromatic heterocycles. The molecule has 3 N–H and O–H groups in total. The van der Waals surface area contributed by atoms with Gasteiger partial charge in [0.05, 0.1) is 35.9 Å². The van der Waals surface area contributed by atoms with Crippen LogP contribution in [-0.4, -0.2) is 70.0 Å². The van der Waals surface area contributed by atoms with Crippen LogP contribution in [0, 0.1) is 0 Å². The third-order valence-corrected chi connectivity index (χ3v) is 7.88. The Balaban J connectivity index is 1.57. The van der Waals surface area contributed by atoms with E-state index in [0.29, 0.717) is 28.1 Å². The summed E-state index contributed by atoms with van der Waals surface area (Å²) >= 11 is 0. The van der Waals surface area contributed by atoms with E-state index < -0.39 is 33.7 Å². The van der Waals surface area contributed by atoms with E-state index in [-0.39, 0.29) is 49.3 Å². The van der Waals surface area contributed by atoms with Crippen molar-refractivity contribution in [1.82, 2.24) is 10.3 Å². The van der Waals surface area contributed by atoms with Crippen molar-refractivity contribution in [3.05, 3.63) is 72.3 Å². The van der Waals surface area contributed by atoms with Crippen molar-refractivity contribution in [2.24, 2.45) is 0 Å². The monoisotopic (exact) mass is 681 g/mol. The first-order chi connectivity index (χ1) is 22.8. The highest BCUT2D eigenvalue weighted by molar-refractivity contribution is 7.92. The van der Waals surface area contributed by atoms with E-state index in [9.17, 15) is 22.8 Å². The van der Waals surface area contributed by atoms with Crippen LogP contribution in [0.3, 0.4) is 0 Å². The number of amides is 1. The quantitative estimate of drug-likeness (QED) is 0.0857. The van der Waals surface area contributed by atoms with Gasteiger partial charge >= 0.3 is 18.0 Å². The molecule has 0 saturated heterocycles. The summed E-state index contributed by atoms with van der Waals surface area (Å²) in [4.78, 5) is 39.1. The molecule has 0 radical (unpaired) electrons. The smallest absolute Gasteiger partial charge is 0.407 e. The first-order valence-corrected chi connectivity index (χ1v) is 16.7. The lowest BCUT2D eigenvalue weighted by molar-refractivity contribution is -0.145. The Morgan fingerprint density at radius 1 is 0.854 bits per heavy atom. The number of anilines is 1. The summed E-state index contributed by atoms with van der Waals surface area (Å²) in [7, 11) is -4.09. The molecule has 0 unspecified atom stereocenters. The maximum absolute atomic E-state index is 13.4. The number of H-pyrrole nitrogens is 1. The zero-order valence-corrected chi connectivity index (χ0v) is 28.2. The van der Waals surface area contributed by atoms with Gasteiger partial charge in [0, 0.05) is 22.2 Å². The standard InChI is InChI=1S/C34H39N3O10S/c1-6-43-31(38)21-46-25-11-13-26(14-12-25)48(41,42)37-27-15-10-23(20-30(27)45-17-16-35-33(40)47-34(3,4)5)28-18-22-8-9-24(19-29(22)36-28)32(39)44-7-2/h8-15,18-20,36-37H,6-7,16-17,21H2,1-5H3,(H,35,40). The van der Waals surface area contributed by atoms with Crippen molar-refractivity contribution in [1.29, 1.82) is 0 Å². The number of hydrogen-bond acceptors (Lipinski definition) is 10. The van der Waals surface area contributed by atoms with E-state index >= 15 is 0 Å². The van der Waals surface area contributed by atoms with Gasteiger partial charge in [0.25, 0.3) is 10.0 Å². The molecule has 4 aromatic rings. The van der Waals surface area contributed by atoms with Gasteiger partial charge in [-0.25, -0.2) is 22.8 Å². The highest BCUT2D eigenvalue weighted by atomic mass is 32.2. The van der Waals surface area contributed by atoms with Gasteiger partial charge in [0.1, 0.15) is 23.7 Å². The van der Waals surface area contributed by atoms with Crippen LogP contribution in [0.25, 0.3) is 22.2 Å².